The van der Waals surface area contributed by atoms with E-state index in [1.54, 1.807) is 15.9 Å². The van der Waals surface area contributed by atoms with Crippen molar-refractivity contribution in [3.05, 3.63) is 58.2 Å². The Bertz CT molecular complexity index is 1090. The third-order valence-electron chi connectivity index (χ3n) is 5.11. The number of hydrogen-bond donors (Lipinski definition) is 1. The van der Waals surface area contributed by atoms with E-state index in [1.165, 1.54) is 11.5 Å². The van der Waals surface area contributed by atoms with Crippen LogP contribution in [0.2, 0.25) is 5.02 Å². The Morgan fingerprint density at radius 3 is 2.48 bits per heavy atom. The predicted octanol–water partition coefficient (Wildman–Crippen LogP) is 4.56. The highest BCUT2D eigenvalue weighted by atomic mass is 35.5. The number of anilines is 1. The molecule has 3 aromatic rings. The van der Waals surface area contributed by atoms with Crippen molar-refractivity contribution in [3.8, 4) is 0 Å². The number of nitrogens with one attached hydrogen (secondary N) is 1. The second-order valence-electron chi connectivity index (χ2n) is 7.20. The van der Waals surface area contributed by atoms with Crippen molar-refractivity contribution in [2.75, 3.05) is 31.5 Å². The van der Waals surface area contributed by atoms with E-state index in [0.717, 1.165) is 21.2 Å². The molecule has 1 aliphatic rings. The molecule has 0 spiro atoms. The summed E-state index contributed by atoms with van der Waals surface area (Å²) in [5.41, 5.74) is 3.22. The molecule has 2 aromatic carbocycles. The normalized spacial score (nSPS) is 14.3. The number of carbonyl (C=O) groups is 2. The van der Waals surface area contributed by atoms with E-state index < -0.39 is 0 Å². The van der Waals surface area contributed by atoms with Crippen LogP contribution in [0.4, 0.5) is 10.5 Å². The molecule has 3 amide bonds. The largest absolute Gasteiger partial charge is 0.334 e. The molecule has 29 heavy (non-hydrogen) atoms. The molecular weight excluding hydrogens is 408 g/mol. The lowest BCUT2D eigenvalue weighted by Crippen LogP contribution is -2.51. The van der Waals surface area contributed by atoms with Gasteiger partial charge in [-0.3, -0.25) is 4.79 Å². The lowest BCUT2D eigenvalue weighted by Gasteiger charge is -2.34. The molecule has 150 valence electrons. The third kappa shape index (κ3) is 4.06. The first kappa shape index (κ1) is 19.7. The monoisotopic (exact) mass is 428 g/mol. The van der Waals surface area contributed by atoms with Crippen LogP contribution in [0, 0.1) is 13.8 Å². The molecule has 0 unspecified atom stereocenters. The summed E-state index contributed by atoms with van der Waals surface area (Å²) in [5.74, 6) is -0.0766. The second-order valence-corrected chi connectivity index (χ2v) is 8.42. The molecule has 1 fully saturated rings. The Kier molecular flexibility index (Phi) is 5.43. The van der Waals surface area contributed by atoms with Crippen LogP contribution in [-0.4, -0.2) is 52.3 Å². The molecule has 0 aliphatic carbocycles. The number of aromatic nitrogens is 1. The number of rotatable bonds is 2. The predicted molar refractivity (Wildman–Crippen MR) is 117 cm³/mol. The van der Waals surface area contributed by atoms with Crippen molar-refractivity contribution in [1.82, 2.24) is 14.2 Å². The number of benzene rings is 2. The molecule has 0 saturated carbocycles. The maximum atomic E-state index is 13.0. The van der Waals surface area contributed by atoms with E-state index in [9.17, 15) is 9.59 Å². The van der Waals surface area contributed by atoms with Crippen molar-refractivity contribution in [2.45, 2.75) is 13.8 Å². The molecular formula is C21H21ClN4O2S. The van der Waals surface area contributed by atoms with Crippen molar-refractivity contribution < 1.29 is 9.59 Å². The molecule has 1 aromatic heterocycles. The van der Waals surface area contributed by atoms with Crippen LogP contribution < -0.4 is 5.32 Å². The van der Waals surface area contributed by atoms with Gasteiger partial charge in [0.2, 0.25) is 0 Å². The molecule has 0 atom stereocenters. The summed E-state index contributed by atoms with van der Waals surface area (Å²) in [6.07, 6.45) is 0. The van der Waals surface area contributed by atoms with Crippen LogP contribution in [0.25, 0.3) is 10.1 Å². The van der Waals surface area contributed by atoms with E-state index >= 15 is 0 Å². The van der Waals surface area contributed by atoms with Gasteiger partial charge in [-0.15, -0.1) is 0 Å². The number of amides is 3. The van der Waals surface area contributed by atoms with Crippen molar-refractivity contribution in [3.63, 3.8) is 0 Å². The summed E-state index contributed by atoms with van der Waals surface area (Å²) >= 11 is 7.46. The fourth-order valence-corrected chi connectivity index (χ4v) is 4.27. The molecule has 4 rings (SSSR count). The zero-order valence-electron chi connectivity index (χ0n) is 16.2. The van der Waals surface area contributed by atoms with Crippen LogP contribution in [-0.2, 0) is 0 Å². The van der Waals surface area contributed by atoms with Gasteiger partial charge in [-0.25, -0.2) is 4.79 Å². The minimum absolute atomic E-state index is 0.0766. The van der Waals surface area contributed by atoms with Crippen LogP contribution in [0.3, 0.4) is 0 Å². The number of fused-ring (bicyclic) bond motifs is 1. The standard InChI is InChI=1S/C21H21ClN4O2S/c1-13-3-6-18-16(11-13)19(24-29-18)20(27)25-7-9-26(10-8-25)21(28)23-15-5-4-14(2)17(22)12-15/h3-6,11-12H,7-10H2,1-2H3,(H,23,28). The number of carbonyl (C=O) groups excluding carboxylic acids is 2. The summed E-state index contributed by atoms with van der Waals surface area (Å²) in [4.78, 5) is 29.0. The minimum Gasteiger partial charge on any atom is -0.334 e. The first-order valence-corrected chi connectivity index (χ1v) is 10.5. The Morgan fingerprint density at radius 2 is 1.76 bits per heavy atom. The highest BCUT2D eigenvalue weighted by Gasteiger charge is 2.27. The SMILES string of the molecule is Cc1ccc2snc(C(=O)N3CCN(C(=O)Nc4ccc(C)c(Cl)c4)CC3)c2c1. The van der Waals surface area contributed by atoms with Crippen LogP contribution in [0.1, 0.15) is 21.6 Å². The topological polar surface area (TPSA) is 65.5 Å². The summed E-state index contributed by atoms with van der Waals surface area (Å²) < 4.78 is 5.39. The van der Waals surface area contributed by atoms with E-state index in [4.69, 9.17) is 11.6 Å². The number of nitrogens with zero attached hydrogens (tertiary/aromatic N) is 3. The van der Waals surface area contributed by atoms with E-state index in [1.807, 2.05) is 44.2 Å². The average molecular weight is 429 g/mol. The van der Waals surface area contributed by atoms with Gasteiger partial charge in [0.1, 0.15) is 5.69 Å². The van der Waals surface area contributed by atoms with Gasteiger partial charge in [0.15, 0.2) is 0 Å². The molecule has 1 aliphatic heterocycles. The highest BCUT2D eigenvalue weighted by molar-refractivity contribution is 7.13. The van der Waals surface area contributed by atoms with Gasteiger partial charge in [-0.2, -0.15) is 4.37 Å². The van der Waals surface area contributed by atoms with Crippen LogP contribution in [0.15, 0.2) is 36.4 Å². The van der Waals surface area contributed by atoms with E-state index in [2.05, 4.69) is 9.69 Å². The average Bonchev–Trinajstić information content (AvgIpc) is 3.13. The smallest absolute Gasteiger partial charge is 0.321 e. The van der Waals surface area contributed by atoms with Gasteiger partial charge in [0.05, 0.1) is 4.70 Å². The van der Waals surface area contributed by atoms with E-state index in [0.29, 0.717) is 42.6 Å². The Balaban J connectivity index is 1.39. The number of urea groups is 1. The zero-order valence-corrected chi connectivity index (χ0v) is 17.8. The fraction of sp³-hybridized carbons (Fsp3) is 0.286. The molecule has 1 N–H and O–H groups in total. The molecule has 8 heteroatoms. The van der Waals surface area contributed by atoms with Crippen molar-refractivity contribution in [2.24, 2.45) is 0 Å². The Morgan fingerprint density at radius 1 is 1.03 bits per heavy atom. The molecule has 0 bridgehead atoms. The van der Waals surface area contributed by atoms with Gasteiger partial charge in [-0.1, -0.05) is 29.3 Å². The lowest BCUT2D eigenvalue weighted by atomic mass is 10.1. The number of aryl methyl sites for hydroxylation is 2. The van der Waals surface area contributed by atoms with Gasteiger partial charge >= 0.3 is 6.03 Å². The van der Waals surface area contributed by atoms with Crippen molar-refractivity contribution >= 4 is 50.8 Å². The van der Waals surface area contributed by atoms with Crippen LogP contribution in [0.5, 0.6) is 0 Å². The number of hydrogen-bond acceptors (Lipinski definition) is 4. The van der Waals surface area contributed by atoms with Gasteiger partial charge < -0.3 is 15.1 Å². The molecule has 1 saturated heterocycles. The first-order chi connectivity index (χ1) is 13.9. The maximum absolute atomic E-state index is 13.0. The maximum Gasteiger partial charge on any atom is 0.321 e. The zero-order chi connectivity index (χ0) is 20.5. The molecule has 0 radical (unpaired) electrons. The van der Waals surface area contributed by atoms with Crippen molar-refractivity contribution in [1.29, 1.82) is 0 Å². The molecule has 2 heterocycles. The van der Waals surface area contributed by atoms with Gasteiger partial charge in [0, 0.05) is 42.3 Å². The summed E-state index contributed by atoms with van der Waals surface area (Å²) in [7, 11) is 0. The van der Waals surface area contributed by atoms with Gasteiger partial charge in [-0.05, 0) is 55.2 Å². The van der Waals surface area contributed by atoms with Crippen LogP contribution >= 0.6 is 23.1 Å². The minimum atomic E-state index is -0.188. The quantitative estimate of drug-likeness (QED) is 0.650. The third-order valence-corrected chi connectivity index (χ3v) is 6.34. The number of piperazine rings is 1. The Hall–Kier alpha value is -2.64. The first-order valence-electron chi connectivity index (χ1n) is 9.40. The second kappa shape index (κ2) is 8.00. The summed E-state index contributed by atoms with van der Waals surface area (Å²) in [5, 5.41) is 4.38. The van der Waals surface area contributed by atoms with E-state index in [-0.39, 0.29) is 11.9 Å². The lowest BCUT2D eigenvalue weighted by molar-refractivity contribution is 0.0669. The number of halogens is 1. The highest BCUT2D eigenvalue weighted by Crippen LogP contribution is 2.25. The Labute approximate surface area is 178 Å². The summed E-state index contributed by atoms with van der Waals surface area (Å²) in [6.45, 7) is 5.81. The molecule has 6 nitrogen and oxygen atoms in total. The van der Waals surface area contributed by atoms with Gasteiger partial charge in [0.25, 0.3) is 5.91 Å². The summed E-state index contributed by atoms with van der Waals surface area (Å²) in [6, 6.07) is 11.3. The fourth-order valence-electron chi connectivity index (χ4n) is 3.34.